The number of sulfonamides is 1. The van der Waals surface area contributed by atoms with Gasteiger partial charge in [0.25, 0.3) is 0 Å². The van der Waals surface area contributed by atoms with Crippen LogP contribution in [-0.4, -0.2) is 64.0 Å². The van der Waals surface area contributed by atoms with Crippen molar-refractivity contribution in [3.05, 3.63) is 29.8 Å². The third-order valence-electron chi connectivity index (χ3n) is 6.66. The number of rotatable bonds is 8. The highest BCUT2D eigenvalue weighted by Crippen LogP contribution is 2.29. The summed E-state index contributed by atoms with van der Waals surface area (Å²) in [4.78, 5) is 27.9. The Bertz CT molecular complexity index is 903. The molecule has 1 aliphatic carbocycles. The number of ether oxygens (including phenoxy) is 1. The SMILES string of the molecule is Cc1ccc(S(=O)(=O)NCC2CCC(C(=O)N[C@@H](C(=O)N3CCOCC3)C(C)C)CC2)cc1. The van der Waals surface area contributed by atoms with E-state index in [9.17, 15) is 18.0 Å². The summed E-state index contributed by atoms with van der Waals surface area (Å²) in [5.41, 5.74) is 1.01. The van der Waals surface area contributed by atoms with Crippen LogP contribution in [0.1, 0.15) is 45.1 Å². The first-order valence-corrected chi connectivity index (χ1v) is 13.4. The van der Waals surface area contributed by atoms with Crippen LogP contribution in [0.3, 0.4) is 0 Å². The molecule has 1 saturated heterocycles. The summed E-state index contributed by atoms with van der Waals surface area (Å²) >= 11 is 0. The number of hydrogen-bond acceptors (Lipinski definition) is 5. The second-order valence-corrected chi connectivity index (χ2v) is 11.3. The topological polar surface area (TPSA) is 105 Å². The average Bonchev–Trinajstić information content (AvgIpc) is 2.81. The molecule has 1 aromatic carbocycles. The Labute approximate surface area is 197 Å². The van der Waals surface area contributed by atoms with E-state index in [0.29, 0.717) is 45.7 Å². The summed E-state index contributed by atoms with van der Waals surface area (Å²) in [6.07, 6.45) is 2.94. The van der Waals surface area contributed by atoms with Crippen LogP contribution in [0.4, 0.5) is 0 Å². The molecule has 8 nitrogen and oxygen atoms in total. The zero-order chi connectivity index (χ0) is 24.0. The van der Waals surface area contributed by atoms with E-state index in [1.54, 1.807) is 29.2 Å². The molecule has 0 spiro atoms. The third-order valence-corrected chi connectivity index (χ3v) is 8.10. The fourth-order valence-corrected chi connectivity index (χ4v) is 5.54. The molecule has 1 saturated carbocycles. The van der Waals surface area contributed by atoms with Crippen molar-refractivity contribution in [3.8, 4) is 0 Å². The van der Waals surface area contributed by atoms with Gasteiger partial charge < -0.3 is 15.0 Å². The van der Waals surface area contributed by atoms with Gasteiger partial charge in [0.1, 0.15) is 6.04 Å². The highest BCUT2D eigenvalue weighted by atomic mass is 32.2. The Morgan fingerprint density at radius 3 is 2.24 bits per heavy atom. The van der Waals surface area contributed by atoms with E-state index < -0.39 is 16.1 Å². The largest absolute Gasteiger partial charge is 0.378 e. The number of nitrogens with zero attached hydrogens (tertiary/aromatic N) is 1. The first-order chi connectivity index (χ1) is 15.7. The summed E-state index contributed by atoms with van der Waals surface area (Å²) in [5, 5.41) is 3.00. The van der Waals surface area contributed by atoms with Gasteiger partial charge in [-0.15, -0.1) is 0 Å². The van der Waals surface area contributed by atoms with Crippen molar-refractivity contribution in [1.29, 1.82) is 0 Å². The van der Waals surface area contributed by atoms with Gasteiger partial charge in [0.05, 0.1) is 18.1 Å². The molecule has 1 aliphatic heterocycles. The standard InChI is InChI=1S/C24H37N3O5S/c1-17(2)22(24(29)27-12-14-32-15-13-27)26-23(28)20-8-6-19(7-9-20)16-25-33(30,31)21-10-4-18(3)5-11-21/h4-5,10-11,17,19-20,22,25H,6-9,12-16H2,1-3H3,(H,26,28)/t19?,20?,22-/m1/s1. The van der Waals surface area contributed by atoms with Crippen molar-refractivity contribution >= 4 is 21.8 Å². The van der Waals surface area contributed by atoms with Gasteiger partial charge in [-0.3, -0.25) is 9.59 Å². The van der Waals surface area contributed by atoms with Crippen molar-refractivity contribution in [3.63, 3.8) is 0 Å². The molecule has 184 valence electrons. The van der Waals surface area contributed by atoms with Crippen molar-refractivity contribution < 1.29 is 22.7 Å². The molecular weight excluding hydrogens is 442 g/mol. The average molecular weight is 480 g/mol. The fourth-order valence-electron chi connectivity index (χ4n) is 4.42. The first kappa shape index (κ1) is 25.6. The molecule has 1 aromatic rings. The molecule has 1 heterocycles. The van der Waals surface area contributed by atoms with Crippen LogP contribution in [0.25, 0.3) is 0 Å². The van der Waals surface area contributed by atoms with E-state index >= 15 is 0 Å². The third kappa shape index (κ3) is 7.01. The van der Waals surface area contributed by atoms with E-state index in [1.807, 2.05) is 20.8 Å². The lowest BCUT2D eigenvalue weighted by Crippen LogP contribution is -2.55. The van der Waals surface area contributed by atoms with Crippen LogP contribution in [0, 0.1) is 24.7 Å². The van der Waals surface area contributed by atoms with Crippen molar-refractivity contribution in [2.75, 3.05) is 32.8 Å². The molecule has 0 bridgehead atoms. The quantitative estimate of drug-likeness (QED) is 0.594. The molecule has 3 rings (SSSR count). The number of benzene rings is 1. The van der Waals surface area contributed by atoms with Gasteiger partial charge in [0.2, 0.25) is 21.8 Å². The van der Waals surface area contributed by atoms with Crippen molar-refractivity contribution in [2.45, 2.75) is 57.4 Å². The molecular formula is C24H37N3O5S. The Morgan fingerprint density at radius 1 is 1.06 bits per heavy atom. The minimum atomic E-state index is -3.53. The van der Waals surface area contributed by atoms with E-state index in [4.69, 9.17) is 4.74 Å². The molecule has 1 atom stereocenters. The van der Waals surface area contributed by atoms with E-state index in [1.165, 1.54) is 0 Å². The molecule has 2 fully saturated rings. The molecule has 0 radical (unpaired) electrons. The zero-order valence-electron chi connectivity index (χ0n) is 19.9. The van der Waals surface area contributed by atoms with Crippen LogP contribution in [-0.2, 0) is 24.3 Å². The molecule has 2 amide bonds. The van der Waals surface area contributed by atoms with Gasteiger partial charge >= 0.3 is 0 Å². The van der Waals surface area contributed by atoms with E-state index in [0.717, 1.165) is 18.4 Å². The molecule has 0 unspecified atom stereocenters. The highest BCUT2D eigenvalue weighted by Gasteiger charge is 2.33. The predicted octanol–water partition coefficient (Wildman–Crippen LogP) is 2.08. The lowest BCUT2D eigenvalue weighted by molar-refractivity contribution is -0.142. The van der Waals surface area contributed by atoms with Crippen LogP contribution in [0.15, 0.2) is 29.2 Å². The second-order valence-electron chi connectivity index (χ2n) is 9.55. The number of carbonyl (C=O) groups excluding carboxylic acids is 2. The minimum Gasteiger partial charge on any atom is -0.378 e. The van der Waals surface area contributed by atoms with Crippen molar-refractivity contribution in [1.82, 2.24) is 14.9 Å². The van der Waals surface area contributed by atoms with Gasteiger partial charge in [0.15, 0.2) is 0 Å². The summed E-state index contributed by atoms with van der Waals surface area (Å²) in [5.74, 6) is -0.0643. The predicted molar refractivity (Wildman–Crippen MR) is 126 cm³/mol. The smallest absolute Gasteiger partial charge is 0.245 e. The number of nitrogens with one attached hydrogen (secondary N) is 2. The lowest BCUT2D eigenvalue weighted by atomic mass is 9.81. The molecule has 33 heavy (non-hydrogen) atoms. The van der Waals surface area contributed by atoms with Crippen LogP contribution < -0.4 is 10.0 Å². The number of morpholine rings is 1. The van der Waals surface area contributed by atoms with Crippen molar-refractivity contribution in [2.24, 2.45) is 17.8 Å². The van der Waals surface area contributed by atoms with Crippen LogP contribution >= 0.6 is 0 Å². The molecule has 2 aliphatic rings. The minimum absolute atomic E-state index is 0.00295. The Morgan fingerprint density at radius 2 is 1.67 bits per heavy atom. The van der Waals surface area contributed by atoms with Gasteiger partial charge in [-0.25, -0.2) is 13.1 Å². The maximum Gasteiger partial charge on any atom is 0.245 e. The fraction of sp³-hybridized carbons (Fsp3) is 0.667. The zero-order valence-corrected chi connectivity index (χ0v) is 20.7. The van der Waals surface area contributed by atoms with Gasteiger partial charge in [-0.05, 0) is 56.6 Å². The lowest BCUT2D eigenvalue weighted by Gasteiger charge is -2.34. The normalized spacial score (nSPS) is 22.7. The highest BCUT2D eigenvalue weighted by molar-refractivity contribution is 7.89. The van der Waals surface area contributed by atoms with Crippen LogP contribution in [0.2, 0.25) is 0 Å². The van der Waals surface area contributed by atoms with Gasteiger partial charge in [-0.2, -0.15) is 0 Å². The first-order valence-electron chi connectivity index (χ1n) is 11.9. The maximum atomic E-state index is 12.9. The summed E-state index contributed by atoms with van der Waals surface area (Å²) < 4.78 is 33.1. The van der Waals surface area contributed by atoms with E-state index in [2.05, 4.69) is 10.0 Å². The van der Waals surface area contributed by atoms with Gasteiger partial charge in [0, 0.05) is 25.6 Å². The summed E-state index contributed by atoms with van der Waals surface area (Å²) in [6.45, 7) is 8.35. The summed E-state index contributed by atoms with van der Waals surface area (Å²) in [7, 11) is -3.53. The number of hydrogen-bond donors (Lipinski definition) is 2. The Kier molecular flexibility index (Phi) is 8.89. The molecule has 9 heteroatoms. The van der Waals surface area contributed by atoms with Gasteiger partial charge in [-0.1, -0.05) is 31.5 Å². The van der Waals surface area contributed by atoms with E-state index in [-0.39, 0.29) is 34.5 Å². The number of aryl methyl sites for hydroxylation is 1. The maximum absolute atomic E-state index is 12.9. The number of amides is 2. The molecule has 2 N–H and O–H groups in total. The summed E-state index contributed by atoms with van der Waals surface area (Å²) in [6, 6.07) is 6.26. The Hall–Kier alpha value is -1.97. The monoisotopic (exact) mass is 479 g/mol. The second kappa shape index (κ2) is 11.4. The number of carbonyl (C=O) groups is 2. The molecule has 0 aromatic heterocycles. The Balaban J connectivity index is 1.47. The van der Waals surface area contributed by atoms with Crippen LogP contribution in [0.5, 0.6) is 0 Å².